The van der Waals surface area contributed by atoms with Crippen LogP contribution in [0.5, 0.6) is 0 Å². The van der Waals surface area contributed by atoms with Crippen LogP contribution in [0.1, 0.15) is 25.7 Å². The Labute approximate surface area is 73.2 Å². The number of ether oxygens (including phenoxy) is 2. The molecule has 0 fully saturated rings. The minimum absolute atomic E-state index is 1.32. The smallest absolute Gasteiger partial charge is 0.125 e. The van der Waals surface area contributed by atoms with Crippen LogP contribution in [-0.2, 0) is 9.47 Å². The van der Waals surface area contributed by atoms with Crippen LogP contribution in [0.15, 0.2) is 37.2 Å². The Morgan fingerprint density at radius 1 is 0.667 bits per heavy atom. The fourth-order valence-corrected chi connectivity index (χ4v) is 0.979. The molecule has 0 saturated heterocycles. The van der Waals surface area contributed by atoms with E-state index < -0.39 is 0 Å². The Hall–Kier alpha value is -1.18. The molecule has 0 atom stereocenters. The monoisotopic (exact) mass is 166 g/mol. The summed E-state index contributed by atoms with van der Waals surface area (Å²) < 4.78 is 9.17. The highest BCUT2D eigenvalue weighted by atomic mass is 16.5. The molecule has 1 aliphatic carbocycles. The average Bonchev–Trinajstić information content (AvgIpc) is 2.24. The van der Waals surface area contributed by atoms with Crippen LogP contribution in [0, 0.1) is 0 Å². The SMILES string of the molecule is C1=CCCCC1.C1=COC=CO1. The molecule has 0 spiro atoms. The van der Waals surface area contributed by atoms with Crippen LogP contribution in [0.3, 0.4) is 0 Å². The van der Waals surface area contributed by atoms with Gasteiger partial charge in [-0.05, 0) is 25.7 Å². The van der Waals surface area contributed by atoms with Gasteiger partial charge in [-0.3, -0.25) is 0 Å². The summed E-state index contributed by atoms with van der Waals surface area (Å²) in [5, 5.41) is 0. The van der Waals surface area contributed by atoms with Crippen molar-refractivity contribution >= 4 is 0 Å². The molecule has 0 N–H and O–H groups in total. The molecule has 0 saturated carbocycles. The zero-order chi connectivity index (χ0) is 8.49. The molecule has 0 aromatic heterocycles. The van der Waals surface area contributed by atoms with Gasteiger partial charge in [0.15, 0.2) is 0 Å². The van der Waals surface area contributed by atoms with Crippen LogP contribution in [0.25, 0.3) is 0 Å². The van der Waals surface area contributed by atoms with E-state index in [4.69, 9.17) is 0 Å². The standard InChI is InChI=1S/C6H10.C4H4O2/c1-2-4-6-5-3-1;1-2-6-4-3-5-1/h1-2H,3-6H2;1-4H. The summed E-state index contributed by atoms with van der Waals surface area (Å²) in [4.78, 5) is 0. The van der Waals surface area contributed by atoms with Gasteiger partial charge in [-0.15, -0.1) is 0 Å². The van der Waals surface area contributed by atoms with Crippen molar-refractivity contribution < 1.29 is 9.47 Å². The van der Waals surface area contributed by atoms with Crippen molar-refractivity contribution in [3.8, 4) is 0 Å². The first-order chi connectivity index (χ1) is 6.00. The van der Waals surface area contributed by atoms with Gasteiger partial charge in [0, 0.05) is 0 Å². The maximum absolute atomic E-state index is 4.58. The third-order valence-electron chi connectivity index (χ3n) is 1.58. The molecule has 0 aromatic rings. The summed E-state index contributed by atoms with van der Waals surface area (Å²) in [7, 11) is 0. The lowest BCUT2D eigenvalue weighted by molar-refractivity contribution is 0.290. The summed E-state index contributed by atoms with van der Waals surface area (Å²) in [5.74, 6) is 0. The van der Waals surface area contributed by atoms with E-state index in [1.54, 1.807) is 0 Å². The molecule has 1 aliphatic heterocycles. The predicted octanol–water partition coefficient (Wildman–Crippen LogP) is 3.09. The molecule has 0 radical (unpaired) electrons. The minimum Gasteiger partial charge on any atom is -0.466 e. The van der Waals surface area contributed by atoms with E-state index in [1.807, 2.05) is 0 Å². The molecule has 12 heavy (non-hydrogen) atoms. The molecule has 1 heterocycles. The number of allylic oxidation sites excluding steroid dienone is 2. The maximum atomic E-state index is 4.58. The molecule has 2 nitrogen and oxygen atoms in total. The number of hydrogen-bond donors (Lipinski definition) is 0. The molecule has 2 heteroatoms. The third kappa shape index (κ3) is 4.61. The molecule has 0 amide bonds. The summed E-state index contributed by atoms with van der Waals surface area (Å²) >= 11 is 0. The molecular formula is C10H14O2. The van der Waals surface area contributed by atoms with Crippen LogP contribution in [0.4, 0.5) is 0 Å². The summed E-state index contributed by atoms with van der Waals surface area (Å²) in [6, 6.07) is 0. The van der Waals surface area contributed by atoms with Gasteiger partial charge in [0.25, 0.3) is 0 Å². The lowest BCUT2D eigenvalue weighted by Gasteiger charge is -1.97. The fraction of sp³-hybridized carbons (Fsp3) is 0.400. The molecule has 2 aliphatic rings. The van der Waals surface area contributed by atoms with Gasteiger partial charge in [-0.2, -0.15) is 0 Å². The second-order valence-electron chi connectivity index (χ2n) is 2.57. The van der Waals surface area contributed by atoms with E-state index in [0.717, 1.165) is 0 Å². The normalized spacial score (nSPS) is 18.7. The molecule has 2 rings (SSSR count). The minimum atomic E-state index is 1.32. The van der Waals surface area contributed by atoms with Crippen LogP contribution < -0.4 is 0 Å². The summed E-state index contributed by atoms with van der Waals surface area (Å²) in [6.07, 6.45) is 15.8. The molecular weight excluding hydrogens is 152 g/mol. The van der Waals surface area contributed by atoms with Crippen LogP contribution in [-0.4, -0.2) is 0 Å². The molecule has 0 unspecified atom stereocenters. The van der Waals surface area contributed by atoms with E-state index in [-0.39, 0.29) is 0 Å². The Bertz CT molecular complexity index is 150. The van der Waals surface area contributed by atoms with Gasteiger partial charge in [0.05, 0.1) is 0 Å². The van der Waals surface area contributed by atoms with Crippen molar-refractivity contribution in [2.45, 2.75) is 25.7 Å². The van der Waals surface area contributed by atoms with Gasteiger partial charge in [-0.25, -0.2) is 0 Å². The highest BCUT2D eigenvalue weighted by Gasteiger charge is 1.87. The predicted molar refractivity (Wildman–Crippen MR) is 48.1 cm³/mol. The zero-order valence-corrected chi connectivity index (χ0v) is 7.11. The topological polar surface area (TPSA) is 18.5 Å². The van der Waals surface area contributed by atoms with E-state index >= 15 is 0 Å². The second kappa shape index (κ2) is 6.53. The molecule has 66 valence electrons. The number of rotatable bonds is 0. The van der Waals surface area contributed by atoms with Crippen LogP contribution in [0.2, 0.25) is 0 Å². The van der Waals surface area contributed by atoms with Crippen molar-refractivity contribution in [2.75, 3.05) is 0 Å². The quantitative estimate of drug-likeness (QED) is 0.515. The first kappa shape index (κ1) is 8.91. The van der Waals surface area contributed by atoms with Crippen molar-refractivity contribution in [1.82, 2.24) is 0 Å². The Morgan fingerprint density at radius 2 is 1.08 bits per heavy atom. The van der Waals surface area contributed by atoms with Gasteiger partial charge >= 0.3 is 0 Å². The van der Waals surface area contributed by atoms with Gasteiger partial charge in [0.1, 0.15) is 25.0 Å². The lowest BCUT2D eigenvalue weighted by Crippen LogP contribution is -1.77. The van der Waals surface area contributed by atoms with Crippen LogP contribution >= 0.6 is 0 Å². The highest BCUT2D eigenvalue weighted by Crippen LogP contribution is 2.07. The van der Waals surface area contributed by atoms with Crippen molar-refractivity contribution in [3.63, 3.8) is 0 Å². The zero-order valence-electron chi connectivity index (χ0n) is 7.11. The fourth-order valence-electron chi connectivity index (χ4n) is 0.979. The summed E-state index contributed by atoms with van der Waals surface area (Å²) in [6.45, 7) is 0. The first-order valence-electron chi connectivity index (χ1n) is 4.26. The Balaban J connectivity index is 0.000000120. The van der Waals surface area contributed by atoms with E-state index in [1.165, 1.54) is 50.7 Å². The van der Waals surface area contributed by atoms with E-state index in [9.17, 15) is 0 Å². The Morgan fingerprint density at radius 3 is 1.25 bits per heavy atom. The number of hydrogen-bond acceptors (Lipinski definition) is 2. The average molecular weight is 166 g/mol. The van der Waals surface area contributed by atoms with Crippen molar-refractivity contribution in [1.29, 1.82) is 0 Å². The second-order valence-corrected chi connectivity index (χ2v) is 2.57. The van der Waals surface area contributed by atoms with Crippen molar-refractivity contribution in [2.24, 2.45) is 0 Å². The van der Waals surface area contributed by atoms with Gasteiger partial charge in [0.2, 0.25) is 0 Å². The first-order valence-corrected chi connectivity index (χ1v) is 4.26. The van der Waals surface area contributed by atoms with E-state index in [0.29, 0.717) is 0 Å². The molecule has 0 bridgehead atoms. The summed E-state index contributed by atoms with van der Waals surface area (Å²) in [5.41, 5.74) is 0. The Kier molecular flexibility index (Phi) is 4.85. The third-order valence-corrected chi connectivity index (χ3v) is 1.58. The van der Waals surface area contributed by atoms with Gasteiger partial charge < -0.3 is 9.47 Å². The largest absolute Gasteiger partial charge is 0.466 e. The van der Waals surface area contributed by atoms with Gasteiger partial charge in [-0.1, -0.05) is 12.2 Å². The highest BCUT2D eigenvalue weighted by molar-refractivity contribution is 4.85. The van der Waals surface area contributed by atoms with Crippen molar-refractivity contribution in [3.05, 3.63) is 37.2 Å². The lowest BCUT2D eigenvalue weighted by atomic mass is 10.1. The molecule has 0 aromatic carbocycles. The van der Waals surface area contributed by atoms with E-state index in [2.05, 4.69) is 21.6 Å². The maximum Gasteiger partial charge on any atom is 0.125 e.